The molecule has 0 radical (unpaired) electrons. The second-order valence-corrected chi connectivity index (χ2v) is 7.39. The maximum Gasteiger partial charge on any atom is 0.184 e. The van der Waals surface area contributed by atoms with Gasteiger partial charge in [-0.05, 0) is 37.1 Å². The molecule has 0 aliphatic heterocycles. The maximum absolute atomic E-state index is 4.90. The summed E-state index contributed by atoms with van der Waals surface area (Å²) in [5.74, 6) is 2.10. The van der Waals surface area contributed by atoms with Crippen LogP contribution in [0.1, 0.15) is 30.3 Å². The Labute approximate surface area is 166 Å². The lowest BCUT2D eigenvalue weighted by atomic mass is 10.3. The van der Waals surface area contributed by atoms with Crippen LogP contribution in [-0.2, 0) is 6.54 Å². The van der Waals surface area contributed by atoms with Crippen molar-refractivity contribution in [2.75, 3.05) is 5.32 Å². The predicted octanol–water partition coefficient (Wildman–Crippen LogP) is 4.18. The molecule has 0 spiro atoms. The van der Waals surface area contributed by atoms with Gasteiger partial charge in [0.1, 0.15) is 5.82 Å². The molecule has 6 rings (SSSR count). The number of para-hydroxylation sites is 3. The second-order valence-electron chi connectivity index (χ2n) is 7.39. The van der Waals surface area contributed by atoms with Gasteiger partial charge in [-0.15, -0.1) is 5.10 Å². The molecule has 7 heteroatoms. The van der Waals surface area contributed by atoms with Crippen molar-refractivity contribution >= 4 is 28.0 Å². The summed E-state index contributed by atoms with van der Waals surface area (Å²) >= 11 is 0. The summed E-state index contributed by atoms with van der Waals surface area (Å²) < 4.78 is 1.87. The van der Waals surface area contributed by atoms with Crippen molar-refractivity contribution < 1.29 is 0 Å². The van der Waals surface area contributed by atoms with Gasteiger partial charge < -0.3 is 10.3 Å². The third-order valence-corrected chi connectivity index (χ3v) is 5.26. The quantitative estimate of drug-likeness (QED) is 0.477. The standard InChI is InChI=1S/C22H19N7/c1-2-6-15(7-3-1)29-22-20(23-12-18(27-22)14-10-11-14)21(28-29)24-13-19-25-16-8-4-5-9-17(16)26-19/h1-9,12,14H,10-11,13H2,(H,24,28)(H,25,26). The zero-order valence-corrected chi connectivity index (χ0v) is 15.7. The minimum Gasteiger partial charge on any atom is -0.359 e. The number of hydrogen-bond acceptors (Lipinski definition) is 5. The molecular formula is C22H19N7. The number of imidazole rings is 1. The number of anilines is 1. The molecule has 2 aromatic carbocycles. The summed E-state index contributed by atoms with van der Waals surface area (Å²) in [5.41, 5.74) is 5.56. The molecule has 0 bridgehead atoms. The van der Waals surface area contributed by atoms with E-state index in [9.17, 15) is 0 Å². The van der Waals surface area contributed by atoms with Crippen LogP contribution in [-0.4, -0.2) is 29.7 Å². The summed E-state index contributed by atoms with van der Waals surface area (Å²) in [4.78, 5) is 17.6. The zero-order valence-electron chi connectivity index (χ0n) is 15.7. The molecule has 0 atom stereocenters. The highest BCUT2D eigenvalue weighted by atomic mass is 15.3. The summed E-state index contributed by atoms with van der Waals surface area (Å²) in [7, 11) is 0. The molecule has 0 saturated heterocycles. The molecule has 7 nitrogen and oxygen atoms in total. The Kier molecular flexibility index (Phi) is 3.59. The van der Waals surface area contributed by atoms with E-state index in [1.54, 1.807) is 0 Å². The van der Waals surface area contributed by atoms with Crippen molar-refractivity contribution in [3.05, 3.63) is 72.3 Å². The van der Waals surface area contributed by atoms with E-state index in [1.807, 2.05) is 65.5 Å². The monoisotopic (exact) mass is 381 g/mol. The highest BCUT2D eigenvalue weighted by Gasteiger charge is 2.27. The first kappa shape index (κ1) is 16.2. The molecule has 29 heavy (non-hydrogen) atoms. The predicted molar refractivity (Wildman–Crippen MR) is 112 cm³/mol. The molecule has 1 fully saturated rings. The van der Waals surface area contributed by atoms with Crippen molar-refractivity contribution in [3.63, 3.8) is 0 Å². The lowest BCUT2D eigenvalue weighted by molar-refractivity contribution is 0.879. The van der Waals surface area contributed by atoms with Crippen molar-refractivity contribution in [2.45, 2.75) is 25.3 Å². The minimum absolute atomic E-state index is 0.529. The van der Waals surface area contributed by atoms with Crippen LogP contribution in [0.2, 0.25) is 0 Å². The summed E-state index contributed by atoms with van der Waals surface area (Å²) in [6.07, 6.45) is 4.27. The number of nitrogens with zero attached hydrogens (tertiary/aromatic N) is 5. The zero-order chi connectivity index (χ0) is 19.2. The van der Waals surface area contributed by atoms with Crippen molar-refractivity contribution in [3.8, 4) is 5.69 Å². The third kappa shape index (κ3) is 2.91. The fourth-order valence-corrected chi connectivity index (χ4v) is 3.60. The van der Waals surface area contributed by atoms with Gasteiger partial charge in [0.15, 0.2) is 17.0 Å². The number of fused-ring (bicyclic) bond motifs is 2. The third-order valence-electron chi connectivity index (χ3n) is 5.26. The first-order valence-corrected chi connectivity index (χ1v) is 9.84. The van der Waals surface area contributed by atoms with Crippen LogP contribution in [0, 0.1) is 0 Å². The Bertz CT molecular complexity index is 1280. The van der Waals surface area contributed by atoms with Gasteiger partial charge in [-0.2, -0.15) is 0 Å². The summed E-state index contributed by atoms with van der Waals surface area (Å²) in [6.45, 7) is 0.529. The first-order chi connectivity index (χ1) is 14.3. The molecule has 3 aromatic heterocycles. The number of H-pyrrole nitrogens is 1. The Balaban J connectivity index is 1.39. The fourth-order valence-electron chi connectivity index (χ4n) is 3.60. The van der Waals surface area contributed by atoms with Gasteiger partial charge in [-0.3, -0.25) is 0 Å². The molecule has 1 saturated carbocycles. The van der Waals surface area contributed by atoms with E-state index in [0.29, 0.717) is 18.3 Å². The SMILES string of the molecule is c1ccc(-n2nc(NCc3nc4ccccc4[nH]3)c3ncc(C4CC4)nc32)cc1. The minimum atomic E-state index is 0.529. The number of aromatic nitrogens is 6. The van der Waals surface area contributed by atoms with E-state index in [1.165, 1.54) is 12.8 Å². The maximum atomic E-state index is 4.90. The van der Waals surface area contributed by atoms with Crippen molar-refractivity contribution in [1.29, 1.82) is 0 Å². The van der Waals surface area contributed by atoms with Crippen LogP contribution < -0.4 is 5.32 Å². The van der Waals surface area contributed by atoms with Gasteiger partial charge >= 0.3 is 0 Å². The Morgan fingerprint density at radius 1 is 1.00 bits per heavy atom. The normalized spacial score (nSPS) is 13.9. The number of aromatic amines is 1. The average Bonchev–Trinajstić information content (AvgIpc) is 3.44. The number of benzene rings is 2. The number of rotatable bonds is 5. The van der Waals surface area contributed by atoms with Gasteiger partial charge in [-0.25, -0.2) is 19.6 Å². The lowest BCUT2D eigenvalue weighted by Gasteiger charge is -2.02. The highest BCUT2D eigenvalue weighted by molar-refractivity contribution is 5.85. The van der Waals surface area contributed by atoms with E-state index in [0.717, 1.165) is 39.4 Å². The van der Waals surface area contributed by atoms with Crippen LogP contribution in [0.3, 0.4) is 0 Å². The molecule has 1 aliphatic carbocycles. The van der Waals surface area contributed by atoms with Gasteiger partial charge in [-0.1, -0.05) is 30.3 Å². The fraction of sp³-hybridized carbons (Fsp3) is 0.182. The van der Waals surface area contributed by atoms with Crippen LogP contribution in [0.4, 0.5) is 5.82 Å². The largest absolute Gasteiger partial charge is 0.359 e. The Morgan fingerprint density at radius 2 is 1.83 bits per heavy atom. The van der Waals surface area contributed by atoms with Crippen LogP contribution >= 0.6 is 0 Å². The molecule has 1 aliphatic rings. The van der Waals surface area contributed by atoms with E-state index < -0.39 is 0 Å². The van der Waals surface area contributed by atoms with Crippen molar-refractivity contribution in [2.24, 2.45) is 0 Å². The average molecular weight is 381 g/mol. The van der Waals surface area contributed by atoms with Crippen molar-refractivity contribution in [1.82, 2.24) is 29.7 Å². The molecule has 0 unspecified atom stereocenters. The Hall–Kier alpha value is -3.74. The lowest BCUT2D eigenvalue weighted by Crippen LogP contribution is -2.03. The Morgan fingerprint density at radius 3 is 2.66 bits per heavy atom. The van der Waals surface area contributed by atoms with E-state index in [-0.39, 0.29) is 0 Å². The molecule has 142 valence electrons. The van der Waals surface area contributed by atoms with Gasteiger partial charge in [0, 0.05) is 12.1 Å². The van der Waals surface area contributed by atoms with Gasteiger partial charge in [0.05, 0.1) is 29.0 Å². The number of nitrogens with one attached hydrogen (secondary N) is 2. The first-order valence-electron chi connectivity index (χ1n) is 9.84. The number of hydrogen-bond donors (Lipinski definition) is 2. The molecular weight excluding hydrogens is 362 g/mol. The van der Waals surface area contributed by atoms with E-state index in [4.69, 9.17) is 15.1 Å². The van der Waals surface area contributed by atoms with Crippen LogP contribution in [0.5, 0.6) is 0 Å². The molecule has 5 aromatic rings. The molecule has 3 heterocycles. The topological polar surface area (TPSA) is 84.3 Å². The van der Waals surface area contributed by atoms with E-state index >= 15 is 0 Å². The molecule has 2 N–H and O–H groups in total. The second kappa shape index (κ2) is 6.41. The van der Waals surface area contributed by atoms with Crippen LogP contribution in [0.25, 0.3) is 27.9 Å². The summed E-state index contributed by atoms with van der Waals surface area (Å²) in [6, 6.07) is 18.1. The van der Waals surface area contributed by atoms with Crippen LogP contribution in [0.15, 0.2) is 60.8 Å². The summed E-state index contributed by atoms with van der Waals surface area (Å²) in [5, 5.41) is 8.18. The van der Waals surface area contributed by atoms with E-state index in [2.05, 4.69) is 15.3 Å². The molecule has 0 amide bonds. The smallest absolute Gasteiger partial charge is 0.184 e. The van der Waals surface area contributed by atoms with Gasteiger partial charge in [0.2, 0.25) is 0 Å². The van der Waals surface area contributed by atoms with Gasteiger partial charge in [0.25, 0.3) is 0 Å². The highest BCUT2D eigenvalue weighted by Crippen LogP contribution is 2.39.